The molecule has 31 heavy (non-hydrogen) atoms. The topological polar surface area (TPSA) is 107 Å². The Labute approximate surface area is 182 Å². The molecule has 0 atom stereocenters. The van der Waals surface area contributed by atoms with Gasteiger partial charge in [-0.2, -0.15) is 0 Å². The summed E-state index contributed by atoms with van der Waals surface area (Å²) in [5.74, 6) is -0.0696. The first-order valence-corrected chi connectivity index (χ1v) is 9.87. The summed E-state index contributed by atoms with van der Waals surface area (Å²) in [6, 6.07) is 6.53. The number of benzene rings is 1. The molecule has 9 heteroatoms. The van der Waals surface area contributed by atoms with Crippen molar-refractivity contribution < 1.29 is 13.6 Å². The molecule has 1 amide bonds. The van der Waals surface area contributed by atoms with E-state index in [1.165, 1.54) is 18.5 Å². The van der Waals surface area contributed by atoms with E-state index in [1.54, 1.807) is 18.2 Å². The number of anilines is 1. The van der Waals surface area contributed by atoms with Gasteiger partial charge in [0, 0.05) is 30.2 Å². The summed E-state index contributed by atoms with van der Waals surface area (Å²) in [6.45, 7) is 4.02. The van der Waals surface area contributed by atoms with E-state index in [2.05, 4.69) is 20.3 Å². The van der Waals surface area contributed by atoms with Crippen LogP contribution in [0.25, 0.3) is 10.9 Å². The van der Waals surface area contributed by atoms with Gasteiger partial charge in [-0.3, -0.25) is 9.78 Å². The Morgan fingerprint density at radius 1 is 1.19 bits per heavy atom. The van der Waals surface area contributed by atoms with Crippen molar-refractivity contribution in [1.29, 1.82) is 0 Å². The lowest BCUT2D eigenvalue weighted by atomic mass is 10.1. The highest BCUT2D eigenvalue weighted by Gasteiger charge is 2.15. The Kier molecular flexibility index (Phi) is 5.56. The van der Waals surface area contributed by atoms with E-state index in [0.717, 1.165) is 16.8 Å². The molecule has 0 aliphatic rings. The lowest BCUT2D eigenvalue weighted by molar-refractivity contribution is 0.0921. The van der Waals surface area contributed by atoms with E-state index in [0.29, 0.717) is 27.7 Å². The normalized spacial score (nSPS) is 11.1. The number of fused-ring (bicyclic) bond motifs is 1. The Hall–Kier alpha value is -3.52. The Morgan fingerprint density at radius 2 is 2.00 bits per heavy atom. The van der Waals surface area contributed by atoms with E-state index < -0.39 is 11.7 Å². The molecule has 7 nitrogen and oxygen atoms in total. The molecule has 3 heterocycles. The number of nitrogens with zero attached hydrogens (tertiary/aromatic N) is 3. The zero-order chi connectivity index (χ0) is 22.1. The van der Waals surface area contributed by atoms with E-state index in [1.807, 2.05) is 13.8 Å². The van der Waals surface area contributed by atoms with Crippen LogP contribution in [0.5, 0.6) is 0 Å². The Balaban J connectivity index is 1.47. The first-order valence-electron chi connectivity index (χ1n) is 9.49. The molecular weight excluding hydrogens is 421 g/mol. The highest BCUT2D eigenvalue weighted by Crippen LogP contribution is 2.23. The summed E-state index contributed by atoms with van der Waals surface area (Å²) < 4.78 is 19.9. The van der Waals surface area contributed by atoms with Gasteiger partial charge in [-0.05, 0) is 54.8 Å². The summed E-state index contributed by atoms with van der Waals surface area (Å²) in [7, 11) is 0. The van der Waals surface area contributed by atoms with Gasteiger partial charge in [-0.1, -0.05) is 11.6 Å². The molecule has 0 saturated heterocycles. The van der Waals surface area contributed by atoms with Crippen molar-refractivity contribution in [3.8, 4) is 0 Å². The smallest absolute Gasteiger partial charge is 0.288 e. The molecule has 0 aliphatic carbocycles. The SMILES string of the molecule is Cc1cc(N)nc(C)c1CNC(=O)c1cnc(Cc2cc(F)c3ncc(Cl)cc3c2)o1. The average Bonchev–Trinajstić information content (AvgIpc) is 3.15. The van der Waals surface area contributed by atoms with Crippen molar-refractivity contribution in [1.82, 2.24) is 20.3 Å². The quantitative estimate of drug-likeness (QED) is 0.484. The maximum Gasteiger partial charge on any atom is 0.288 e. The molecule has 0 radical (unpaired) electrons. The summed E-state index contributed by atoms with van der Waals surface area (Å²) >= 11 is 5.95. The number of rotatable bonds is 5. The van der Waals surface area contributed by atoms with Crippen molar-refractivity contribution in [2.24, 2.45) is 0 Å². The number of nitrogens with two attached hydrogens (primary N) is 1. The van der Waals surface area contributed by atoms with Gasteiger partial charge in [0.15, 0.2) is 5.89 Å². The molecule has 0 saturated carbocycles. The van der Waals surface area contributed by atoms with Crippen molar-refractivity contribution in [2.75, 3.05) is 5.73 Å². The second-order valence-corrected chi connectivity index (χ2v) is 7.65. The zero-order valence-electron chi connectivity index (χ0n) is 16.9. The first-order chi connectivity index (χ1) is 14.8. The van der Waals surface area contributed by atoms with Crippen LogP contribution in [0, 0.1) is 19.7 Å². The predicted molar refractivity (Wildman–Crippen MR) is 115 cm³/mol. The van der Waals surface area contributed by atoms with Crippen molar-refractivity contribution >= 4 is 34.2 Å². The van der Waals surface area contributed by atoms with Gasteiger partial charge in [-0.15, -0.1) is 0 Å². The van der Waals surface area contributed by atoms with Crippen LogP contribution < -0.4 is 11.1 Å². The van der Waals surface area contributed by atoms with Crippen molar-refractivity contribution in [3.63, 3.8) is 0 Å². The summed E-state index contributed by atoms with van der Waals surface area (Å²) in [4.78, 5) is 24.8. The fourth-order valence-electron chi connectivity index (χ4n) is 3.42. The molecule has 0 bridgehead atoms. The van der Waals surface area contributed by atoms with Gasteiger partial charge in [0.2, 0.25) is 5.76 Å². The number of nitrogens with one attached hydrogen (secondary N) is 1. The Morgan fingerprint density at radius 3 is 2.77 bits per heavy atom. The standard InChI is InChI=1S/C22H19ClFN5O2/c1-11-3-19(25)29-12(2)16(11)9-28-22(30)18-10-26-20(31-18)6-13-4-14-7-15(23)8-27-21(14)17(24)5-13/h3-5,7-8,10H,6,9H2,1-2H3,(H2,25,29)(H,28,30). The number of pyridine rings is 2. The number of oxazole rings is 1. The summed E-state index contributed by atoms with van der Waals surface area (Å²) in [5, 5.41) is 3.79. The van der Waals surface area contributed by atoms with Gasteiger partial charge < -0.3 is 15.5 Å². The lowest BCUT2D eigenvalue weighted by Crippen LogP contribution is -2.23. The number of nitrogen functional groups attached to an aromatic ring is 1. The molecule has 158 valence electrons. The number of aryl methyl sites for hydroxylation is 2. The maximum atomic E-state index is 14.3. The van der Waals surface area contributed by atoms with E-state index in [4.69, 9.17) is 21.8 Å². The van der Waals surface area contributed by atoms with Gasteiger partial charge in [0.25, 0.3) is 5.91 Å². The van der Waals surface area contributed by atoms with E-state index >= 15 is 0 Å². The monoisotopic (exact) mass is 439 g/mol. The molecule has 3 aromatic heterocycles. The summed E-state index contributed by atoms with van der Waals surface area (Å²) in [5.41, 5.74) is 9.18. The second kappa shape index (κ2) is 8.31. The minimum absolute atomic E-state index is 0.0692. The molecule has 4 aromatic rings. The van der Waals surface area contributed by atoms with Gasteiger partial charge in [-0.25, -0.2) is 14.4 Å². The van der Waals surface area contributed by atoms with Crippen LogP contribution in [0.3, 0.4) is 0 Å². The fourth-order valence-corrected chi connectivity index (χ4v) is 3.59. The van der Waals surface area contributed by atoms with Crippen LogP contribution in [-0.4, -0.2) is 20.9 Å². The molecule has 0 aliphatic heterocycles. The number of amides is 1. The van der Waals surface area contributed by atoms with E-state index in [-0.39, 0.29) is 24.2 Å². The van der Waals surface area contributed by atoms with Crippen LogP contribution in [0.15, 0.2) is 41.1 Å². The highest BCUT2D eigenvalue weighted by atomic mass is 35.5. The lowest BCUT2D eigenvalue weighted by Gasteiger charge is -2.10. The number of hydrogen-bond acceptors (Lipinski definition) is 6. The minimum atomic E-state index is -0.462. The Bertz CT molecular complexity index is 1280. The first kappa shape index (κ1) is 20.7. The minimum Gasteiger partial charge on any atom is -0.435 e. The molecule has 4 rings (SSSR count). The third-order valence-electron chi connectivity index (χ3n) is 4.90. The zero-order valence-corrected chi connectivity index (χ0v) is 17.6. The van der Waals surface area contributed by atoms with Crippen LogP contribution in [0.4, 0.5) is 10.2 Å². The van der Waals surface area contributed by atoms with Crippen LogP contribution in [0.1, 0.15) is 38.8 Å². The number of halogens is 2. The molecule has 0 fully saturated rings. The number of hydrogen-bond donors (Lipinski definition) is 2. The molecular formula is C22H19ClFN5O2. The van der Waals surface area contributed by atoms with Crippen LogP contribution in [-0.2, 0) is 13.0 Å². The molecule has 1 aromatic carbocycles. The van der Waals surface area contributed by atoms with Crippen molar-refractivity contribution in [2.45, 2.75) is 26.8 Å². The van der Waals surface area contributed by atoms with Crippen LogP contribution >= 0.6 is 11.6 Å². The molecule has 0 unspecified atom stereocenters. The summed E-state index contributed by atoms with van der Waals surface area (Å²) in [6.07, 6.45) is 2.96. The fraction of sp³-hybridized carbons (Fsp3) is 0.182. The average molecular weight is 440 g/mol. The predicted octanol–water partition coefficient (Wildman–Crippen LogP) is 4.13. The number of carbonyl (C=O) groups excluding carboxylic acids is 1. The highest BCUT2D eigenvalue weighted by molar-refractivity contribution is 6.31. The third-order valence-corrected chi connectivity index (χ3v) is 5.10. The van der Waals surface area contributed by atoms with Crippen molar-refractivity contribution in [3.05, 3.63) is 81.5 Å². The number of aromatic nitrogens is 3. The van der Waals surface area contributed by atoms with Crippen LogP contribution in [0.2, 0.25) is 5.02 Å². The van der Waals surface area contributed by atoms with E-state index in [9.17, 15) is 9.18 Å². The maximum absolute atomic E-state index is 14.3. The third kappa shape index (κ3) is 4.49. The second-order valence-electron chi connectivity index (χ2n) is 7.21. The molecule has 0 spiro atoms. The largest absolute Gasteiger partial charge is 0.435 e. The number of carbonyl (C=O) groups is 1. The van der Waals surface area contributed by atoms with Gasteiger partial charge in [0.05, 0.1) is 11.2 Å². The molecule has 3 N–H and O–H groups in total. The van der Waals surface area contributed by atoms with Gasteiger partial charge >= 0.3 is 0 Å². The van der Waals surface area contributed by atoms with Gasteiger partial charge in [0.1, 0.15) is 17.2 Å².